The smallest absolute Gasteiger partial charge is 0.0431 e. The van der Waals surface area contributed by atoms with Crippen LogP contribution in [0.25, 0.3) is 0 Å². The first-order valence-electron chi connectivity index (χ1n) is 8.30. The fourth-order valence-corrected chi connectivity index (χ4v) is 3.80. The molecule has 2 aliphatic rings. The van der Waals surface area contributed by atoms with E-state index >= 15 is 0 Å². The molecule has 3 heteroatoms. The highest BCUT2D eigenvalue weighted by atomic mass is 16.2. The Hall–Kier alpha value is -0.120. The number of aliphatic hydroxyl groups excluding tert-OH is 1. The quantitative estimate of drug-likeness (QED) is 0.776. The monoisotopic (exact) mass is 268 g/mol. The molecule has 3 nitrogen and oxygen atoms in total. The molecule has 19 heavy (non-hydrogen) atoms. The maximum atomic E-state index is 9.04. The zero-order chi connectivity index (χ0) is 13.7. The summed E-state index contributed by atoms with van der Waals surface area (Å²) in [5.41, 5.74) is 0. The summed E-state index contributed by atoms with van der Waals surface area (Å²) in [6.45, 7) is 7.39. The van der Waals surface area contributed by atoms with E-state index in [2.05, 4.69) is 24.1 Å². The predicted molar refractivity (Wildman–Crippen MR) is 80.3 cm³/mol. The Labute approximate surface area is 118 Å². The van der Waals surface area contributed by atoms with Crippen molar-refractivity contribution in [1.29, 1.82) is 0 Å². The van der Waals surface area contributed by atoms with E-state index < -0.39 is 0 Å². The lowest BCUT2D eigenvalue weighted by Gasteiger charge is -2.41. The number of piperidine rings is 1. The van der Waals surface area contributed by atoms with E-state index in [0.29, 0.717) is 18.7 Å². The third-order valence-electron chi connectivity index (χ3n) is 4.89. The minimum Gasteiger partial charge on any atom is -0.396 e. The molecule has 1 heterocycles. The molecule has 0 amide bonds. The van der Waals surface area contributed by atoms with Crippen molar-refractivity contribution < 1.29 is 5.11 Å². The van der Waals surface area contributed by atoms with Gasteiger partial charge in [-0.3, -0.25) is 4.90 Å². The van der Waals surface area contributed by atoms with Crippen molar-refractivity contribution in [2.24, 2.45) is 5.92 Å². The highest BCUT2D eigenvalue weighted by molar-refractivity contribution is 4.88. The summed E-state index contributed by atoms with van der Waals surface area (Å²) >= 11 is 0. The van der Waals surface area contributed by atoms with E-state index in [1.54, 1.807) is 0 Å². The summed E-state index contributed by atoms with van der Waals surface area (Å²) in [6.07, 6.45) is 9.02. The van der Waals surface area contributed by atoms with E-state index in [0.717, 1.165) is 18.4 Å². The first-order chi connectivity index (χ1) is 9.19. The van der Waals surface area contributed by atoms with Gasteiger partial charge in [-0.15, -0.1) is 0 Å². The van der Waals surface area contributed by atoms with Gasteiger partial charge in [-0.05, 0) is 51.9 Å². The van der Waals surface area contributed by atoms with Crippen LogP contribution in [0.4, 0.5) is 0 Å². The van der Waals surface area contributed by atoms with Crippen LogP contribution in [0, 0.1) is 5.92 Å². The van der Waals surface area contributed by atoms with Crippen LogP contribution in [-0.2, 0) is 0 Å². The minimum absolute atomic E-state index is 0.346. The van der Waals surface area contributed by atoms with Crippen molar-refractivity contribution in [2.75, 3.05) is 19.7 Å². The summed E-state index contributed by atoms with van der Waals surface area (Å²) < 4.78 is 0. The highest BCUT2D eigenvalue weighted by Crippen LogP contribution is 2.25. The molecule has 0 aromatic heterocycles. The van der Waals surface area contributed by atoms with Crippen molar-refractivity contribution in [2.45, 2.75) is 76.9 Å². The molecule has 2 N–H and O–H groups in total. The number of nitrogens with zero attached hydrogens (tertiary/aromatic N) is 1. The molecule has 1 aliphatic heterocycles. The third kappa shape index (κ3) is 4.73. The minimum atomic E-state index is 0.346. The molecule has 2 fully saturated rings. The predicted octanol–water partition coefficient (Wildman–Crippen LogP) is 2.39. The molecular weight excluding hydrogens is 236 g/mol. The van der Waals surface area contributed by atoms with Crippen LogP contribution < -0.4 is 5.32 Å². The van der Waals surface area contributed by atoms with Crippen LogP contribution in [0.1, 0.15) is 58.8 Å². The van der Waals surface area contributed by atoms with Gasteiger partial charge in [0.15, 0.2) is 0 Å². The van der Waals surface area contributed by atoms with Crippen LogP contribution in [-0.4, -0.2) is 47.8 Å². The molecule has 2 atom stereocenters. The molecule has 0 aromatic rings. The molecule has 1 aliphatic carbocycles. The lowest BCUT2D eigenvalue weighted by atomic mass is 9.89. The Kier molecular flexibility index (Phi) is 6.11. The topological polar surface area (TPSA) is 35.5 Å². The lowest BCUT2D eigenvalue weighted by Crippen LogP contribution is -2.53. The van der Waals surface area contributed by atoms with Crippen molar-refractivity contribution in [3.63, 3.8) is 0 Å². The van der Waals surface area contributed by atoms with Crippen molar-refractivity contribution in [3.8, 4) is 0 Å². The molecule has 112 valence electrons. The van der Waals surface area contributed by atoms with Gasteiger partial charge in [-0.25, -0.2) is 0 Å². The van der Waals surface area contributed by atoms with Gasteiger partial charge >= 0.3 is 0 Å². The molecule has 1 saturated carbocycles. The Morgan fingerprint density at radius 3 is 2.53 bits per heavy atom. The molecule has 2 rings (SSSR count). The Bertz CT molecular complexity index is 249. The Morgan fingerprint density at radius 1 is 1.16 bits per heavy atom. The van der Waals surface area contributed by atoms with E-state index in [-0.39, 0.29) is 0 Å². The second-order valence-corrected chi connectivity index (χ2v) is 6.86. The van der Waals surface area contributed by atoms with Gasteiger partial charge < -0.3 is 10.4 Å². The first-order valence-corrected chi connectivity index (χ1v) is 8.30. The van der Waals surface area contributed by atoms with Gasteiger partial charge in [0.25, 0.3) is 0 Å². The molecule has 1 saturated heterocycles. The first kappa shape index (κ1) is 15.3. The van der Waals surface area contributed by atoms with E-state index in [9.17, 15) is 0 Å². The van der Waals surface area contributed by atoms with Gasteiger partial charge in [0, 0.05) is 37.8 Å². The number of aliphatic hydroxyl groups is 1. The highest BCUT2D eigenvalue weighted by Gasteiger charge is 2.30. The van der Waals surface area contributed by atoms with Crippen molar-refractivity contribution in [1.82, 2.24) is 10.2 Å². The van der Waals surface area contributed by atoms with Gasteiger partial charge in [0.2, 0.25) is 0 Å². The van der Waals surface area contributed by atoms with Gasteiger partial charge in [-0.1, -0.05) is 12.8 Å². The van der Waals surface area contributed by atoms with Gasteiger partial charge in [0.05, 0.1) is 0 Å². The van der Waals surface area contributed by atoms with Gasteiger partial charge in [-0.2, -0.15) is 0 Å². The normalized spacial score (nSPS) is 30.3. The lowest BCUT2D eigenvalue weighted by molar-refractivity contribution is 0.0987. The Balaban J connectivity index is 1.85. The van der Waals surface area contributed by atoms with Gasteiger partial charge in [0.1, 0.15) is 0 Å². The van der Waals surface area contributed by atoms with E-state index in [1.807, 2.05) is 0 Å². The second kappa shape index (κ2) is 7.61. The van der Waals surface area contributed by atoms with Crippen LogP contribution in [0.3, 0.4) is 0 Å². The van der Waals surface area contributed by atoms with Crippen LogP contribution in [0.5, 0.6) is 0 Å². The van der Waals surface area contributed by atoms with Crippen molar-refractivity contribution >= 4 is 0 Å². The fourth-order valence-electron chi connectivity index (χ4n) is 3.80. The molecule has 0 aromatic carbocycles. The summed E-state index contributed by atoms with van der Waals surface area (Å²) in [4.78, 5) is 2.62. The fraction of sp³-hybridized carbons (Fsp3) is 1.00. The number of hydrogen-bond donors (Lipinski definition) is 2. The number of likely N-dealkylation sites (tertiary alicyclic amines) is 1. The molecule has 0 radical (unpaired) electrons. The summed E-state index contributed by atoms with van der Waals surface area (Å²) in [6, 6.07) is 2.09. The van der Waals surface area contributed by atoms with Crippen molar-refractivity contribution in [3.05, 3.63) is 0 Å². The van der Waals surface area contributed by atoms with Crippen LogP contribution >= 0.6 is 0 Å². The number of nitrogens with one attached hydrogen (secondary N) is 1. The average Bonchev–Trinajstić information content (AvgIpc) is 2.89. The zero-order valence-corrected chi connectivity index (χ0v) is 12.8. The molecule has 0 spiro atoms. The zero-order valence-electron chi connectivity index (χ0n) is 12.8. The summed E-state index contributed by atoms with van der Waals surface area (Å²) in [5.74, 6) is 0.766. The second-order valence-electron chi connectivity index (χ2n) is 6.86. The number of rotatable bonds is 6. The maximum Gasteiger partial charge on any atom is 0.0431 e. The molecular formula is C16H32N2O. The summed E-state index contributed by atoms with van der Waals surface area (Å²) in [7, 11) is 0. The average molecular weight is 268 g/mol. The Morgan fingerprint density at radius 2 is 1.89 bits per heavy atom. The van der Waals surface area contributed by atoms with E-state index in [1.165, 1.54) is 51.6 Å². The summed E-state index contributed by atoms with van der Waals surface area (Å²) in [5, 5.41) is 12.9. The van der Waals surface area contributed by atoms with E-state index in [4.69, 9.17) is 5.11 Å². The number of hydrogen-bond acceptors (Lipinski definition) is 3. The third-order valence-corrected chi connectivity index (χ3v) is 4.89. The SMILES string of the molecule is CC(C)N1CC(CCCO)CC(NC2CCCC2)C1. The van der Waals surface area contributed by atoms with Crippen LogP contribution in [0.2, 0.25) is 0 Å². The standard InChI is InChI=1S/C16H32N2O/c1-13(2)18-11-14(6-5-9-19)10-16(12-18)17-15-7-3-4-8-15/h13-17,19H,3-12H2,1-2H3. The maximum absolute atomic E-state index is 9.04. The largest absolute Gasteiger partial charge is 0.396 e. The molecule has 0 bridgehead atoms. The molecule has 2 unspecified atom stereocenters. The van der Waals surface area contributed by atoms with Crippen LogP contribution in [0.15, 0.2) is 0 Å².